The third-order valence-electron chi connectivity index (χ3n) is 3.05. The van der Waals surface area contributed by atoms with Gasteiger partial charge < -0.3 is 10.2 Å². The summed E-state index contributed by atoms with van der Waals surface area (Å²) >= 11 is 0. The minimum absolute atomic E-state index is 0.0562. The molecule has 7 nitrogen and oxygen atoms in total. The molecule has 0 aliphatic heterocycles. The lowest BCUT2D eigenvalue weighted by molar-refractivity contribution is -0.128. The molecule has 0 atom stereocenters. The molecule has 1 N–H and O–H groups in total. The predicted molar refractivity (Wildman–Crippen MR) is 72.7 cm³/mol. The van der Waals surface area contributed by atoms with E-state index < -0.39 is 0 Å². The number of fused-ring (bicyclic) bond motifs is 1. The van der Waals surface area contributed by atoms with E-state index >= 15 is 0 Å². The molecule has 19 heavy (non-hydrogen) atoms. The number of hydrogen-bond donors (Lipinski definition) is 1. The zero-order valence-electron chi connectivity index (χ0n) is 11.4. The van der Waals surface area contributed by atoms with E-state index in [1.165, 1.54) is 6.33 Å². The smallest absolute Gasteiger partial charge is 0.241 e. The number of likely N-dealkylation sites (N-methyl/N-ethyl adjacent to an activating group) is 1. The van der Waals surface area contributed by atoms with Crippen LogP contribution in [0.25, 0.3) is 11.0 Å². The Bertz CT molecular complexity index is 575. The minimum Gasteiger partial charge on any atom is -0.360 e. The maximum Gasteiger partial charge on any atom is 0.241 e. The lowest BCUT2D eigenvalue weighted by atomic mass is 10.4. The van der Waals surface area contributed by atoms with Gasteiger partial charge >= 0.3 is 0 Å². The molecule has 0 unspecified atom stereocenters. The summed E-state index contributed by atoms with van der Waals surface area (Å²) in [5.74, 6) is 0.694. The monoisotopic (exact) mass is 262 g/mol. The van der Waals surface area contributed by atoms with Crippen molar-refractivity contribution in [3.63, 3.8) is 0 Å². The summed E-state index contributed by atoms with van der Waals surface area (Å²) in [7, 11) is 1.82. The summed E-state index contributed by atoms with van der Waals surface area (Å²) in [6.45, 7) is 5.58. The molecule has 2 aromatic rings. The zero-order valence-corrected chi connectivity index (χ0v) is 11.4. The van der Waals surface area contributed by atoms with Gasteiger partial charge in [0.2, 0.25) is 5.91 Å². The van der Waals surface area contributed by atoms with Crippen LogP contribution in [0, 0.1) is 0 Å². The van der Waals surface area contributed by atoms with Gasteiger partial charge in [0.1, 0.15) is 12.1 Å². The molecule has 7 heteroatoms. The second kappa shape index (κ2) is 5.64. The van der Waals surface area contributed by atoms with E-state index in [-0.39, 0.29) is 12.5 Å². The standard InChI is InChI=1S/C12H18N6O/c1-4-18(5-2)10(19)7-13-11-9-6-16-17(3)12(9)15-8-14-11/h6,8H,4-5,7H2,1-3H3,(H,13,14,15). The van der Waals surface area contributed by atoms with Crippen molar-refractivity contribution in [2.24, 2.45) is 7.05 Å². The first-order valence-electron chi connectivity index (χ1n) is 6.31. The number of rotatable bonds is 5. The fraction of sp³-hybridized carbons (Fsp3) is 0.500. The maximum absolute atomic E-state index is 11.9. The van der Waals surface area contributed by atoms with Gasteiger partial charge in [-0.3, -0.25) is 9.48 Å². The number of carbonyl (C=O) groups is 1. The van der Waals surface area contributed by atoms with Crippen LogP contribution in [-0.2, 0) is 11.8 Å². The van der Waals surface area contributed by atoms with E-state index in [9.17, 15) is 4.79 Å². The first kappa shape index (κ1) is 13.3. The third kappa shape index (κ3) is 2.64. The molecule has 1 amide bonds. The van der Waals surface area contributed by atoms with E-state index in [0.717, 1.165) is 11.0 Å². The molecule has 0 aliphatic rings. The van der Waals surface area contributed by atoms with Crippen LogP contribution in [0.15, 0.2) is 12.5 Å². The van der Waals surface area contributed by atoms with Gasteiger partial charge in [0.15, 0.2) is 5.65 Å². The van der Waals surface area contributed by atoms with Crippen molar-refractivity contribution < 1.29 is 4.79 Å². The van der Waals surface area contributed by atoms with Crippen LogP contribution in [0.3, 0.4) is 0 Å². The van der Waals surface area contributed by atoms with Gasteiger partial charge in [-0.25, -0.2) is 9.97 Å². The molecule has 0 spiro atoms. The molecular formula is C12H18N6O. The molecule has 0 bridgehead atoms. The summed E-state index contributed by atoms with van der Waals surface area (Å²) in [5.41, 5.74) is 0.743. The maximum atomic E-state index is 11.9. The molecule has 0 aromatic carbocycles. The van der Waals surface area contributed by atoms with E-state index in [2.05, 4.69) is 20.4 Å². The molecule has 0 aliphatic carbocycles. The summed E-state index contributed by atoms with van der Waals surface area (Å²) < 4.78 is 1.68. The van der Waals surface area contributed by atoms with Gasteiger partial charge in [-0.15, -0.1) is 0 Å². The Morgan fingerprint density at radius 2 is 2.11 bits per heavy atom. The Balaban J connectivity index is 2.12. The van der Waals surface area contributed by atoms with E-state index in [0.29, 0.717) is 18.9 Å². The van der Waals surface area contributed by atoms with Crippen molar-refractivity contribution in [2.75, 3.05) is 25.0 Å². The van der Waals surface area contributed by atoms with Crippen molar-refractivity contribution in [1.82, 2.24) is 24.6 Å². The van der Waals surface area contributed by atoms with Crippen LogP contribution in [0.4, 0.5) is 5.82 Å². The van der Waals surface area contributed by atoms with Crippen molar-refractivity contribution in [3.05, 3.63) is 12.5 Å². The normalized spacial score (nSPS) is 10.7. The molecule has 2 aromatic heterocycles. The highest BCUT2D eigenvalue weighted by molar-refractivity contribution is 5.88. The SMILES string of the molecule is CCN(CC)C(=O)CNc1ncnc2c1cnn2C. The fourth-order valence-electron chi connectivity index (χ4n) is 1.95. The van der Waals surface area contributed by atoms with Crippen LogP contribution < -0.4 is 5.32 Å². The molecular weight excluding hydrogens is 244 g/mol. The first-order valence-corrected chi connectivity index (χ1v) is 6.31. The molecule has 2 rings (SSSR count). The Morgan fingerprint density at radius 1 is 1.37 bits per heavy atom. The van der Waals surface area contributed by atoms with Gasteiger partial charge in [-0.1, -0.05) is 0 Å². The fourth-order valence-corrected chi connectivity index (χ4v) is 1.95. The van der Waals surface area contributed by atoms with Crippen LogP contribution >= 0.6 is 0 Å². The summed E-state index contributed by atoms with van der Waals surface area (Å²) in [5, 5.41) is 8.00. The van der Waals surface area contributed by atoms with Crippen LogP contribution in [0.1, 0.15) is 13.8 Å². The summed E-state index contributed by atoms with van der Waals surface area (Å²) in [4.78, 5) is 22.0. The number of amides is 1. The Morgan fingerprint density at radius 3 is 2.79 bits per heavy atom. The molecule has 0 saturated carbocycles. The average Bonchev–Trinajstić information content (AvgIpc) is 2.80. The number of aromatic nitrogens is 4. The lowest BCUT2D eigenvalue weighted by Gasteiger charge is -2.18. The third-order valence-corrected chi connectivity index (χ3v) is 3.05. The van der Waals surface area contributed by atoms with Crippen molar-refractivity contribution in [2.45, 2.75) is 13.8 Å². The number of aryl methyl sites for hydroxylation is 1. The Labute approximate surface area is 111 Å². The zero-order chi connectivity index (χ0) is 13.8. The molecule has 0 saturated heterocycles. The van der Waals surface area contributed by atoms with Gasteiger partial charge in [0.05, 0.1) is 18.1 Å². The van der Waals surface area contributed by atoms with Gasteiger partial charge in [0.25, 0.3) is 0 Å². The highest BCUT2D eigenvalue weighted by Crippen LogP contribution is 2.17. The molecule has 102 valence electrons. The highest BCUT2D eigenvalue weighted by Gasteiger charge is 2.12. The molecule has 2 heterocycles. The second-order valence-electron chi connectivity index (χ2n) is 4.15. The summed E-state index contributed by atoms with van der Waals surface area (Å²) in [6, 6.07) is 0. The number of hydrogen-bond acceptors (Lipinski definition) is 5. The van der Waals surface area contributed by atoms with Gasteiger partial charge in [-0.2, -0.15) is 5.10 Å². The molecule has 0 radical (unpaired) electrons. The number of nitrogens with zero attached hydrogens (tertiary/aromatic N) is 5. The van der Waals surface area contributed by atoms with Crippen LogP contribution in [0.5, 0.6) is 0 Å². The minimum atomic E-state index is 0.0562. The average molecular weight is 262 g/mol. The van der Waals surface area contributed by atoms with Crippen molar-refractivity contribution in [3.8, 4) is 0 Å². The number of anilines is 1. The quantitative estimate of drug-likeness (QED) is 0.856. The summed E-state index contributed by atoms with van der Waals surface area (Å²) in [6.07, 6.45) is 3.16. The number of carbonyl (C=O) groups excluding carboxylic acids is 1. The van der Waals surface area contributed by atoms with E-state index in [1.807, 2.05) is 20.9 Å². The van der Waals surface area contributed by atoms with Gasteiger partial charge in [-0.05, 0) is 13.8 Å². The first-order chi connectivity index (χ1) is 9.17. The second-order valence-corrected chi connectivity index (χ2v) is 4.15. The largest absolute Gasteiger partial charge is 0.360 e. The van der Waals surface area contributed by atoms with Crippen LogP contribution in [0.2, 0.25) is 0 Å². The Kier molecular flexibility index (Phi) is 3.94. The Hall–Kier alpha value is -2.18. The van der Waals surface area contributed by atoms with Crippen molar-refractivity contribution in [1.29, 1.82) is 0 Å². The van der Waals surface area contributed by atoms with E-state index in [4.69, 9.17) is 0 Å². The highest BCUT2D eigenvalue weighted by atomic mass is 16.2. The lowest BCUT2D eigenvalue weighted by Crippen LogP contribution is -2.35. The number of nitrogens with one attached hydrogen (secondary N) is 1. The topological polar surface area (TPSA) is 75.9 Å². The van der Waals surface area contributed by atoms with Gasteiger partial charge in [0, 0.05) is 20.1 Å². The van der Waals surface area contributed by atoms with Crippen LogP contribution in [-0.4, -0.2) is 50.2 Å². The van der Waals surface area contributed by atoms with Crippen molar-refractivity contribution >= 4 is 22.8 Å². The molecule has 0 fully saturated rings. The predicted octanol–water partition coefficient (Wildman–Crippen LogP) is 0.644. The van der Waals surface area contributed by atoms with E-state index in [1.54, 1.807) is 15.8 Å².